The first-order valence-electron chi connectivity index (χ1n) is 7.53. The molecule has 0 saturated heterocycles. The second-order valence-electron chi connectivity index (χ2n) is 5.20. The minimum absolute atomic E-state index is 0.157. The zero-order valence-corrected chi connectivity index (χ0v) is 14.6. The van der Waals surface area contributed by atoms with E-state index in [2.05, 4.69) is 5.10 Å². The van der Waals surface area contributed by atoms with Crippen LogP contribution in [0.5, 0.6) is 11.6 Å². The Morgan fingerprint density at radius 3 is 2.33 bits per heavy atom. The molecule has 0 amide bonds. The van der Waals surface area contributed by atoms with E-state index in [0.717, 1.165) is 11.3 Å². The van der Waals surface area contributed by atoms with Gasteiger partial charge >= 0.3 is 0 Å². The normalized spacial score (nSPS) is 10.8. The molecule has 24 heavy (non-hydrogen) atoms. The van der Waals surface area contributed by atoms with E-state index in [1.165, 1.54) is 0 Å². The first-order chi connectivity index (χ1) is 11.6. The highest BCUT2D eigenvalue weighted by Crippen LogP contribution is 2.33. The van der Waals surface area contributed by atoms with Crippen LogP contribution in [-0.2, 0) is 13.0 Å². The summed E-state index contributed by atoms with van der Waals surface area (Å²) in [5, 5.41) is 15.1. The Bertz CT molecular complexity index is 827. The Labute approximate surface area is 150 Å². The summed E-state index contributed by atoms with van der Waals surface area (Å²) in [6, 6.07) is 14.6. The molecule has 2 aromatic carbocycles. The first-order valence-corrected chi connectivity index (χ1v) is 8.29. The third kappa shape index (κ3) is 3.41. The Hall–Kier alpha value is -2.01. The third-order valence-corrected chi connectivity index (χ3v) is 4.01. The van der Waals surface area contributed by atoms with Crippen LogP contribution in [0.3, 0.4) is 0 Å². The van der Waals surface area contributed by atoms with E-state index in [1.54, 1.807) is 22.9 Å². The molecule has 0 bridgehead atoms. The van der Waals surface area contributed by atoms with Crippen molar-refractivity contribution in [3.63, 3.8) is 0 Å². The molecular formula is C18H16Cl2N2O2. The smallest absolute Gasteiger partial charge is 0.226 e. The third-order valence-electron chi connectivity index (χ3n) is 3.57. The molecular weight excluding hydrogens is 347 g/mol. The van der Waals surface area contributed by atoms with Gasteiger partial charge in [-0.25, -0.2) is 4.68 Å². The highest BCUT2D eigenvalue weighted by atomic mass is 35.5. The van der Waals surface area contributed by atoms with Gasteiger partial charge in [0.05, 0.1) is 18.0 Å². The van der Waals surface area contributed by atoms with Gasteiger partial charge in [0.1, 0.15) is 5.75 Å². The van der Waals surface area contributed by atoms with Crippen molar-refractivity contribution in [2.75, 3.05) is 0 Å². The van der Waals surface area contributed by atoms with Crippen molar-refractivity contribution >= 4 is 23.2 Å². The molecule has 0 spiro atoms. The molecule has 0 aliphatic heterocycles. The van der Waals surface area contributed by atoms with Crippen molar-refractivity contribution in [3.05, 3.63) is 69.8 Å². The summed E-state index contributed by atoms with van der Waals surface area (Å²) in [4.78, 5) is 0. The summed E-state index contributed by atoms with van der Waals surface area (Å²) in [6.45, 7) is 1.83. The maximum atomic E-state index is 9.61. The number of rotatable bonds is 5. The summed E-state index contributed by atoms with van der Waals surface area (Å²) >= 11 is 12.1. The minimum Gasteiger partial charge on any atom is -0.438 e. The van der Waals surface area contributed by atoms with E-state index in [-0.39, 0.29) is 6.61 Å². The summed E-state index contributed by atoms with van der Waals surface area (Å²) < 4.78 is 7.73. The molecule has 0 atom stereocenters. The first kappa shape index (κ1) is 16.8. The minimum atomic E-state index is -0.157. The molecule has 3 rings (SSSR count). The lowest BCUT2D eigenvalue weighted by atomic mass is 10.2. The Balaban J connectivity index is 2.12. The van der Waals surface area contributed by atoms with Crippen LogP contribution in [0.2, 0.25) is 10.0 Å². The topological polar surface area (TPSA) is 47.3 Å². The average molecular weight is 363 g/mol. The largest absolute Gasteiger partial charge is 0.438 e. The molecule has 0 fully saturated rings. The average Bonchev–Trinajstić information content (AvgIpc) is 2.92. The molecule has 1 heterocycles. The van der Waals surface area contributed by atoms with Crippen LogP contribution >= 0.6 is 23.2 Å². The zero-order chi connectivity index (χ0) is 17.1. The highest BCUT2D eigenvalue weighted by molar-refractivity contribution is 6.34. The molecule has 4 nitrogen and oxygen atoms in total. The van der Waals surface area contributed by atoms with Gasteiger partial charge in [0.2, 0.25) is 5.88 Å². The van der Waals surface area contributed by atoms with Gasteiger partial charge in [-0.3, -0.25) is 0 Å². The molecule has 124 valence electrons. The van der Waals surface area contributed by atoms with Crippen molar-refractivity contribution in [3.8, 4) is 17.3 Å². The number of para-hydroxylation sites is 1. The number of ether oxygens (including phenoxy) is 1. The van der Waals surface area contributed by atoms with Crippen LogP contribution in [0.4, 0.5) is 0 Å². The standard InChI is InChI=1S/C18H16Cl2N2O2/c1-2-16-17(11-23)21-22(14-6-4-3-5-7-14)18(16)24-15-9-12(19)8-13(20)10-15/h3-10,23H,2,11H2,1H3. The molecule has 1 N–H and O–H groups in total. The fraction of sp³-hybridized carbons (Fsp3) is 0.167. The van der Waals surface area contributed by atoms with E-state index in [9.17, 15) is 5.11 Å². The molecule has 0 aliphatic rings. The highest BCUT2D eigenvalue weighted by Gasteiger charge is 2.19. The zero-order valence-electron chi connectivity index (χ0n) is 13.0. The van der Waals surface area contributed by atoms with Crippen molar-refractivity contribution in [2.24, 2.45) is 0 Å². The van der Waals surface area contributed by atoms with Gasteiger partial charge in [-0.1, -0.05) is 48.3 Å². The predicted molar refractivity (Wildman–Crippen MR) is 95.4 cm³/mol. The Morgan fingerprint density at radius 2 is 1.75 bits per heavy atom. The number of aliphatic hydroxyl groups excluding tert-OH is 1. The lowest BCUT2D eigenvalue weighted by Gasteiger charge is -2.11. The fourth-order valence-corrected chi connectivity index (χ4v) is 3.01. The van der Waals surface area contributed by atoms with Gasteiger partial charge in [0.15, 0.2) is 0 Å². The second-order valence-corrected chi connectivity index (χ2v) is 6.07. The van der Waals surface area contributed by atoms with E-state index in [1.807, 2.05) is 37.3 Å². The molecule has 0 aliphatic carbocycles. The monoisotopic (exact) mass is 362 g/mol. The predicted octanol–water partition coefficient (Wildman–Crippen LogP) is 5.03. The summed E-state index contributed by atoms with van der Waals surface area (Å²) in [5.41, 5.74) is 2.27. The van der Waals surface area contributed by atoms with Gasteiger partial charge in [-0.15, -0.1) is 0 Å². The second kappa shape index (κ2) is 7.26. The van der Waals surface area contributed by atoms with E-state index < -0.39 is 0 Å². The summed E-state index contributed by atoms with van der Waals surface area (Å²) in [5.74, 6) is 1.06. The van der Waals surface area contributed by atoms with E-state index in [0.29, 0.717) is 33.8 Å². The van der Waals surface area contributed by atoms with Crippen LogP contribution < -0.4 is 4.74 Å². The van der Waals surface area contributed by atoms with Gasteiger partial charge in [-0.05, 0) is 36.8 Å². The Morgan fingerprint density at radius 1 is 1.08 bits per heavy atom. The van der Waals surface area contributed by atoms with Crippen molar-refractivity contribution < 1.29 is 9.84 Å². The van der Waals surface area contributed by atoms with Gasteiger partial charge < -0.3 is 9.84 Å². The van der Waals surface area contributed by atoms with Crippen molar-refractivity contribution in [2.45, 2.75) is 20.0 Å². The number of hydrogen-bond acceptors (Lipinski definition) is 3. The summed E-state index contributed by atoms with van der Waals surface area (Å²) in [6.07, 6.45) is 0.673. The van der Waals surface area contributed by atoms with Crippen LogP contribution in [-0.4, -0.2) is 14.9 Å². The molecule has 0 unspecified atom stereocenters. The SMILES string of the molecule is CCc1c(CO)nn(-c2ccccc2)c1Oc1cc(Cl)cc(Cl)c1. The Kier molecular flexibility index (Phi) is 5.09. The van der Waals surface area contributed by atoms with E-state index >= 15 is 0 Å². The number of hydrogen-bond donors (Lipinski definition) is 1. The lowest BCUT2D eigenvalue weighted by Crippen LogP contribution is -2.00. The van der Waals surface area contributed by atoms with Crippen LogP contribution in [0.25, 0.3) is 5.69 Å². The van der Waals surface area contributed by atoms with E-state index in [4.69, 9.17) is 27.9 Å². The number of nitrogens with zero attached hydrogens (tertiary/aromatic N) is 2. The fourth-order valence-electron chi connectivity index (χ4n) is 2.51. The molecule has 0 radical (unpaired) electrons. The van der Waals surface area contributed by atoms with Gasteiger partial charge in [0, 0.05) is 15.6 Å². The molecule has 3 aromatic rings. The molecule has 1 aromatic heterocycles. The number of aromatic nitrogens is 2. The van der Waals surface area contributed by atoms with Crippen molar-refractivity contribution in [1.82, 2.24) is 9.78 Å². The molecule has 6 heteroatoms. The maximum absolute atomic E-state index is 9.61. The van der Waals surface area contributed by atoms with Crippen LogP contribution in [0.15, 0.2) is 48.5 Å². The number of benzene rings is 2. The van der Waals surface area contributed by atoms with Crippen molar-refractivity contribution in [1.29, 1.82) is 0 Å². The number of halogens is 2. The lowest BCUT2D eigenvalue weighted by molar-refractivity contribution is 0.275. The van der Waals surface area contributed by atoms with Crippen LogP contribution in [0, 0.1) is 0 Å². The van der Waals surface area contributed by atoms with Gasteiger partial charge in [-0.2, -0.15) is 5.10 Å². The summed E-state index contributed by atoms with van der Waals surface area (Å²) in [7, 11) is 0. The van der Waals surface area contributed by atoms with Gasteiger partial charge in [0.25, 0.3) is 0 Å². The molecule has 0 saturated carbocycles. The number of aliphatic hydroxyl groups is 1. The quantitative estimate of drug-likeness (QED) is 0.692. The van der Waals surface area contributed by atoms with Crippen LogP contribution in [0.1, 0.15) is 18.2 Å². The maximum Gasteiger partial charge on any atom is 0.226 e.